The zero-order chi connectivity index (χ0) is 23.0. The smallest absolute Gasteiger partial charge is 0.471 e. The first kappa shape index (κ1) is 23.0. The molecule has 7 nitrogen and oxygen atoms in total. The van der Waals surface area contributed by atoms with Crippen molar-refractivity contribution in [3.8, 4) is 11.5 Å². The van der Waals surface area contributed by atoms with E-state index >= 15 is 0 Å². The van der Waals surface area contributed by atoms with Gasteiger partial charge in [-0.3, -0.25) is 4.79 Å². The summed E-state index contributed by atoms with van der Waals surface area (Å²) in [5.74, 6) is -0.754. The molecule has 0 aromatic heterocycles. The molecule has 1 aromatic rings. The zero-order valence-electron chi connectivity index (χ0n) is 17.7. The molecule has 2 aliphatic heterocycles. The Kier molecular flexibility index (Phi) is 6.29. The Morgan fingerprint density at radius 3 is 2.39 bits per heavy atom. The molecular weight excluding hydrogens is 417 g/mol. The normalized spacial score (nSPS) is 21.5. The second-order valence-corrected chi connectivity index (χ2v) is 8.94. The van der Waals surface area contributed by atoms with Gasteiger partial charge in [-0.05, 0) is 36.0 Å². The number of amides is 2. The van der Waals surface area contributed by atoms with Crippen molar-refractivity contribution in [2.75, 3.05) is 19.8 Å². The maximum absolute atomic E-state index is 13.1. The van der Waals surface area contributed by atoms with Gasteiger partial charge in [0.15, 0.2) is 11.5 Å². The minimum absolute atomic E-state index is 0.0563. The number of rotatable bonds is 3. The highest BCUT2D eigenvalue weighted by atomic mass is 19.4. The number of halogens is 3. The number of nitrogens with zero attached hydrogens (tertiary/aromatic N) is 2. The number of hydrogen-bond donors (Lipinski definition) is 1. The first-order chi connectivity index (χ1) is 14.4. The molecular formula is C21H27F3N2O5. The summed E-state index contributed by atoms with van der Waals surface area (Å²) >= 11 is 0. The van der Waals surface area contributed by atoms with Crippen LogP contribution in [0.25, 0.3) is 0 Å². The highest BCUT2D eigenvalue weighted by Crippen LogP contribution is 2.37. The van der Waals surface area contributed by atoms with Crippen LogP contribution in [0.1, 0.15) is 39.2 Å². The summed E-state index contributed by atoms with van der Waals surface area (Å²) in [5.41, 5.74) is 0.0357. The predicted octanol–water partition coefficient (Wildman–Crippen LogP) is 3.91. The van der Waals surface area contributed by atoms with Crippen LogP contribution in [-0.4, -0.2) is 64.9 Å². The quantitative estimate of drug-likeness (QED) is 0.765. The first-order valence-corrected chi connectivity index (χ1v) is 10.1. The monoisotopic (exact) mass is 444 g/mol. The molecule has 0 saturated carbocycles. The lowest BCUT2D eigenvalue weighted by Gasteiger charge is -2.48. The molecule has 0 bridgehead atoms. The van der Waals surface area contributed by atoms with E-state index in [-0.39, 0.29) is 25.9 Å². The van der Waals surface area contributed by atoms with E-state index in [0.29, 0.717) is 30.3 Å². The molecule has 0 radical (unpaired) electrons. The third-order valence-electron chi connectivity index (χ3n) is 5.72. The molecule has 2 heterocycles. The highest BCUT2D eigenvalue weighted by molar-refractivity contribution is 5.82. The van der Waals surface area contributed by atoms with Crippen molar-refractivity contribution in [1.82, 2.24) is 9.80 Å². The van der Waals surface area contributed by atoms with Crippen LogP contribution in [0.2, 0.25) is 0 Å². The predicted molar refractivity (Wildman–Crippen MR) is 105 cm³/mol. The molecule has 172 valence electrons. The fourth-order valence-corrected chi connectivity index (χ4v) is 4.19. The summed E-state index contributed by atoms with van der Waals surface area (Å²) in [6.07, 6.45) is -5.87. The van der Waals surface area contributed by atoms with Gasteiger partial charge in [0.2, 0.25) is 0 Å². The number of carbonyl (C=O) groups is 2. The standard InChI is InChI=1S/C21H27F3N2O5/c1-20(2,3)17-11-14(6-7-25(17)18(27)21(22,23)24)26(19(28)29)12-13-4-5-15-16(10-13)31-9-8-30-15/h4-5,10,14,17H,6-9,11-12H2,1-3H3,(H,28,29). The van der Waals surface area contributed by atoms with E-state index in [4.69, 9.17) is 9.47 Å². The van der Waals surface area contributed by atoms with Gasteiger partial charge >= 0.3 is 18.2 Å². The van der Waals surface area contributed by atoms with Crippen molar-refractivity contribution in [2.24, 2.45) is 5.41 Å². The number of benzene rings is 1. The topological polar surface area (TPSA) is 79.3 Å². The SMILES string of the molecule is CC(C)(C)C1CC(N(Cc2ccc3c(c2)OCCO3)C(=O)O)CCN1C(=O)C(F)(F)F. The van der Waals surface area contributed by atoms with Crippen molar-refractivity contribution in [2.45, 2.75) is 58.4 Å². The van der Waals surface area contributed by atoms with Crippen molar-refractivity contribution >= 4 is 12.0 Å². The fourth-order valence-electron chi connectivity index (χ4n) is 4.19. The van der Waals surface area contributed by atoms with Crippen molar-refractivity contribution in [3.05, 3.63) is 23.8 Å². The van der Waals surface area contributed by atoms with E-state index in [0.717, 1.165) is 4.90 Å². The summed E-state index contributed by atoms with van der Waals surface area (Å²) in [4.78, 5) is 26.1. The second kappa shape index (κ2) is 8.47. The number of fused-ring (bicyclic) bond motifs is 1. The molecule has 2 atom stereocenters. The molecule has 3 rings (SSSR count). The van der Waals surface area contributed by atoms with Crippen molar-refractivity contribution < 1.29 is 37.3 Å². The van der Waals surface area contributed by atoms with Crippen LogP contribution in [0, 0.1) is 5.41 Å². The van der Waals surface area contributed by atoms with Crippen molar-refractivity contribution in [1.29, 1.82) is 0 Å². The van der Waals surface area contributed by atoms with Gasteiger partial charge in [0, 0.05) is 25.2 Å². The van der Waals surface area contributed by atoms with Crippen LogP contribution in [0.4, 0.5) is 18.0 Å². The Morgan fingerprint density at radius 1 is 1.16 bits per heavy atom. The van der Waals surface area contributed by atoms with Crippen LogP contribution in [0.3, 0.4) is 0 Å². The van der Waals surface area contributed by atoms with Gasteiger partial charge in [0.1, 0.15) is 13.2 Å². The van der Waals surface area contributed by atoms with E-state index in [1.807, 2.05) is 0 Å². The fraction of sp³-hybridized carbons (Fsp3) is 0.619. The summed E-state index contributed by atoms with van der Waals surface area (Å²) in [6, 6.07) is 3.91. The van der Waals surface area contributed by atoms with Gasteiger partial charge in [0.05, 0.1) is 0 Å². The third-order valence-corrected chi connectivity index (χ3v) is 5.72. The maximum Gasteiger partial charge on any atom is 0.471 e. The van der Waals surface area contributed by atoms with Crippen LogP contribution >= 0.6 is 0 Å². The van der Waals surface area contributed by atoms with E-state index in [2.05, 4.69) is 0 Å². The first-order valence-electron chi connectivity index (χ1n) is 10.1. The Morgan fingerprint density at radius 2 is 1.81 bits per heavy atom. The minimum atomic E-state index is -4.96. The Balaban J connectivity index is 1.80. The Labute approximate surface area is 178 Å². The van der Waals surface area contributed by atoms with Gasteiger partial charge in [0.25, 0.3) is 0 Å². The van der Waals surface area contributed by atoms with Gasteiger partial charge in [-0.15, -0.1) is 0 Å². The van der Waals surface area contributed by atoms with E-state index in [9.17, 15) is 27.9 Å². The molecule has 31 heavy (non-hydrogen) atoms. The number of ether oxygens (including phenoxy) is 2. The van der Waals surface area contributed by atoms with Crippen molar-refractivity contribution in [3.63, 3.8) is 0 Å². The van der Waals surface area contributed by atoms with Gasteiger partial charge in [-0.25, -0.2) is 4.79 Å². The number of alkyl halides is 3. The van der Waals surface area contributed by atoms with E-state index < -0.39 is 35.7 Å². The molecule has 2 unspecified atom stereocenters. The number of carbonyl (C=O) groups excluding carboxylic acids is 1. The lowest BCUT2D eigenvalue weighted by Crippen LogP contribution is -2.59. The van der Waals surface area contributed by atoms with E-state index in [1.54, 1.807) is 39.0 Å². The summed E-state index contributed by atoms with van der Waals surface area (Å²) in [5, 5.41) is 9.83. The van der Waals surface area contributed by atoms with Crippen LogP contribution in [-0.2, 0) is 11.3 Å². The molecule has 2 aliphatic rings. The second-order valence-electron chi connectivity index (χ2n) is 8.94. The average Bonchev–Trinajstić information content (AvgIpc) is 2.69. The molecule has 2 amide bonds. The van der Waals surface area contributed by atoms with Crippen LogP contribution < -0.4 is 9.47 Å². The lowest BCUT2D eigenvalue weighted by molar-refractivity contribution is -0.192. The largest absolute Gasteiger partial charge is 0.486 e. The maximum atomic E-state index is 13.1. The zero-order valence-corrected chi connectivity index (χ0v) is 17.7. The lowest BCUT2D eigenvalue weighted by atomic mass is 9.78. The molecule has 1 saturated heterocycles. The van der Waals surface area contributed by atoms with E-state index in [1.165, 1.54) is 4.90 Å². The molecule has 0 spiro atoms. The van der Waals surface area contributed by atoms with Gasteiger partial charge < -0.3 is 24.4 Å². The van der Waals surface area contributed by atoms with Gasteiger partial charge in [-0.1, -0.05) is 26.8 Å². The minimum Gasteiger partial charge on any atom is -0.486 e. The molecule has 1 aromatic carbocycles. The summed E-state index contributed by atoms with van der Waals surface area (Å²) in [7, 11) is 0. The summed E-state index contributed by atoms with van der Waals surface area (Å²) in [6.45, 7) is 6.00. The van der Waals surface area contributed by atoms with Gasteiger partial charge in [-0.2, -0.15) is 13.2 Å². The number of hydrogen-bond acceptors (Lipinski definition) is 4. The molecule has 1 N–H and O–H groups in total. The molecule has 1 fully saturated rings. The molecule has 0 aliphatic carbocycles. The van der Waals surface area contributed by atoms with Crippen LogP contribution in [0.5, 0.6) is 11.5 Å². The molecule has 10 heteroatoms. The Hall–Kier alpha value is -2.65. The number of likely N-dealkylation sites (tertiary alicyclic amines) is 1. The summed E-state index contributed by atoms with van der Waals surface area (Å²) < 4.78 is 50.3. The highest BCUT2D eigenvalue weighted by Gasteiger charge is 2.49. The number of carboxylic acid groups (broad SMARTS) is 1. The number of piperidine rings is 1. The third kappa shape index (κ3) is 5.16. The Bertz CT molecular complexity index is 837. The van der Waals surface area contributed by atoms with Crippen LogP contribution in [0.15, 0.2) is 18.2 Å². The average molecular weight is 444 g/mol.